The minimum absolute atomic E-state index is 0.0816. The highest BCUT2D eigenvalue weighted by Crippen LogP contribution is 2.31. The normalized spacial score (nSPS) is 10.5. The maximum atomic E-state index is 13.7. The largest absolute Gasteiger partial charge is 0.496 e. The summed E-state index contributed by atoms with van der Waals surface area (Å²) in [7, 11) is 1.41. The average molecular weight is 265 g/mol. The number of halogens is 1. The third-order valence-electron chi connectivity index (χ3n) is 2.56. The topological polar surface area (TPSA) is 68.7 Å². The number of pyridine rings is 1. The quantitative estimate of drug-likeness (QED) is 0.919. The van der Waals surface area contributed by atoms with E-state index in [1.807, 2.05) is 0 Å². The zero-order chi connectivity index (χ0) is 14.0. The van der Waals surface area contributed by atoms with Crippen LogP contribution in [-0.2, 0) is 0 Å². The van der Waals surface area contributed by atoms with Crippen molar-refractivity contribution in [3.8, 4) is 11.5 Å². The van der Waals surface area contributed by atoms with Gasteiger partial charge in [0.1, 0.15) is 5.75 Å². The molecular formula is C13H12FNO4. The van der Waals surface area contributed by atoms with Gasteiger partial charge in [0, 0.05) is 17.5 Å². The van der Waals surface area contributed by atoms with Gasteiger partial charge in [0.05, 0.1) is 19.2 Å². The maximum absolute atomic E-state index is 13.7. The number of rotatable bonds is 4. The molecule has 5 nitrogen and oxygen atoms in total. The predicted octanol–water partition coefficient (Wildman–Crippen LogP) is 2.48. The summed E-state index contributed by atoms with van der Waals surface area (Å²) in [6.45, 7) is 2.07. The molecule has 0 saturated carbocycles. The maximum Gasteiger partial charge on any atom is 0.354 e. The highest BCUT2D eigenvalue weighted by molar-refractivity contribution is 5.93. The van der Waals surface area contributed by atoms with E-state index in [4.69, 9.17) is 14.6 Å². The first-order chi connectivity index (χ1) is 9.06. The number of carbonyl (C=O) groups is 1. The summed E-state index contributed by atoms with van der Waals surface area (Å²) in [4.78, 5) is 14.8. The molecule has 0 aliphatic carbocycles. The molecule has 1 aromatic carbocycles. The van der Waals surface area contributed by atoms with Crippen molar-refractivity contribution in [2.75, 3.05) is 13.7 Å². The first-order valence-corrected chi connectivity index (χ1v) is 5.61. The Balaban J connectivity index is 2.71. The number of ether oxygens (including phenoxy) is 2. The van der Waals surface area contributed by atoms with Gasteiger partial charge in [-0.2, -0.15) is 0 Å². The van der Waals surface area contributed by atoms with Gasteiger partial charge < -0.3 is 14.6 Å². The number of aromatic carboxylic acids is 1. The summed E-state index contributed by atoms with van der Waals surface area (Å²) >= 11 is 0. The molecule has 0 radical (unpaired) electrons. The summed E-state index contributed by atoms with van der Waals surface area (Å²) in [5, 5.41) is 9.43. The highest BCUT2D eigenvalue weighted by atomic mass is 19.1. The molecule has 0 bridgehead atoms. The molecule has 6 heteroatoms. The number of carboxylic acids is 1. The second kappa shape index (κ2) is 5.09. The van der Waals surface area contributed by atoms with Crippen molar-refractivity contribution in [1.29, 1.82) is 0 Å². The van der Waals surface area contributed by atoms with Crippen molar-refractivity contribution in [2.24, 2.45) is 0 Å². The fourth-order valence-electron chi connectivity index (χ4n) is 1.74. The van der Waals surface area contributed by atoms with Crippen LogP contribution in [0.1, 0.15) is 17.4 Å². The molecule has 0 spiro atoms. The first-order valence-electron chi connectivity index (χ1n) is 5.61. The van der Waals surface area contributed by atoms with Crippen LogP contribution in [-0.4, -0.2) is 29.8 Å². The zero-order valence-corrected chi connectivity index (χ0v) is 10.4. The molecule has 0 aliphatic rings. The molecule has 19 heavy (non-hydrogen) atoms. The van der Waals surface area contributed by atoms with Crippen LogP contribution >= 0.6 is 0 Å². The van der Waals surface area contributed by atoms with Crippen LogP contribution in [0.2, 0.25) is 0 Å². The van der Waals surface area contributed by atoms with E-state index in [2.05, 4.69) is 4.98 Å². The van der Waals surface area contributed by atoms with Gasteiger partial charge in [-0.15, -0.1) is 0 Å². The summed E-state index contributed by atoms with van der Waals surface area (Å²) in [6, 6.07) is 3.87. The molecule has 0 aliphatic heterocycles. The van der Waals surface area contributed by atoms with E-state index in [0.717, 1.165) is 6.07 Å². The van der Waals surface area contributed by atoms with Gasteiger partial charge in [0.15, 0.2) is 17.3 Å². The lowest BCUT2D eigenvalue weighted by molar-refractivity contribution is 0.0690. The number of aromatic nitrogens is 1. The van der Waals surface area contributed by atoms with Crippen molar-refractivity contribution < 1.29 is 23.8 Å². The van der Waals surface area contributed by atoms with E-state index >= 15 is 0 Å². The van der Waals surface area contributed by atoms with E-state index in [1.54, 1.807) is 6.92 Å². The summed E-state index contributed by atoms with van der Waals surface area (Å²) in [5.74, 6) is -1.40. The zero-order valence-electron chi connectivity index (χ0n) is 10.4. The smallest absolute Gasteiger partial charge is 0.354 e. The Morgan fingerprint density at radius 2 is 2.11 bits per heavy atom. The molecule has 2 aromatic rings. The van der Waals surface area contributed by atoms with Gasteiger partial charge in [-0.1, -0.05) is 0 Å². The van der Waals surface area contributed by atoms with Crippen molar-refractivity contribution >= 4 is 16.9 Å². The van der Waals surface area contributed by atoms with Gasteiger partial charge >= 0.3 is 5.97 Å². The SMILES string of the molecule is CCOc1cc2c(OC)cc(C(=O)O)nc2cc1F. The second-order valence-electron chi connectivity index (χ2n) is 3.75. The van der Waals surface area contributed by atoms with Gasteiger partial charge in [-0.05, 0) is 13.0 Å². The molecule has 0 fully saturated rings. The van der Waals surface area contributed by atoms with Crippen LogP contribution in [0.3, 0.4) is 0 Å². The monoisotopic (exact) mass is 265 g/mol. The van der Waals surface area contributed by atoms with Crippen LogP contribution in [0.15, 0.2) is 18.2 Å². The fourth-order valence-corrected chi connectivity index (χ4v) is 1.74. The van der Waals surface area contributed by atoms with Gasteiger partial charge in [-0.3, -0.25) is 0 Å². The molecule has 1 aromatic heterocycles. The molecule has 0 amide bonds. The summed E-state index contributed by atoms with van der Waals surface area (Å²) in [5.41, 5.74) is 0.00520. The minimum atomic E-state index is -1.20. The number of fused-ring (bicyclic) bond motifs is 1. The molecule has 100 valence electrons. The number of hydrogen-bond donors (Lipinski definition) is 1. The van der Waals surface area contributed by atoms with Crippen LogP contribution < -0.4 is 9.47 Å². The Kier molecular flexibility index (Phi) is 3.50. The van der Waals surface area contributed by atoms with Crippen LogP contribution in [0, 0.1) is 5.82 Å². The lowest BCUT2D eigenvalue weighted by Crippen LogP contribution is -2.03. The van der Waals surface area contributed by atoms with Crippen molar-refractivity contribution in [3.05, 3.63) is 29.7 Å². The summed E-state index contributed by atoms with van der Waals surface area (Å²) < 4.78 is 24.0. The number of nitrogens with zero attached hydrogens (tertiary/aromatic N) is 1. The molecular weight excluding hydrogens is 253 g/mol. The van der Waals surface area contributed by atoms with Crippen molar-refractivity contribution in [2.45, 2.75) is 6.92 Å². The third kappa shape index (κ3) is 2.42. The molecule has 0 atom stereocenters. The lowest BCUT2D eigenvalue weighted by atomic mass is 10.1. The first kappa shape index (κ1) is 13.1. The number of hydrogen-bond acceptors (Lipinski definition) is 4. The van der Waals surface area contributed by atoms with E-state index in [1.165, 1.54) is 19.2 Å². The lowest BCUT2D eigenvalue weighted by Gasteiger charge is -2.10. The Hall–Kier alpha value is -2.37. The number of methoxy groups -OCH3 is 1. The standard InChI is InChI=1S/C13H12FNO4/c1-3-19-12-4-7-9(5-8(12)14)15-10(13(16)17)6-11(7)18-2/h4-6H,3H2,1-2H3,(H,16,17). The number of benzene rings is 1. The third-order valence-corrected chi connectivity index (χ3v) is 2.56. The Morgan fingerprint density at radius 3 is 2.68 bits per heavy atom. The summed E-state index contributed by atoms with van der Waals surface area (Å²) in [6.07, 6.45) is 0. The van der Waals surface area contributed by atoms with E-state index in [0.29, 0.717) is 17.7 Å². The van der Waals surface area contributed by atoms with Gasteiger partial charge in [0.2, 0.25) is 0 Å². The Bertz CT molecular complexity index is 642. The molecule has 1 heterocycles. The van der Waals surface area contributed by atoms with Crippen LogP contribution in [0.25, 0.3) is 10.9 Å². The minimum Gasteiger partial charge on any atom is -0.496 e. The van der Waals surface area contributed by atoms with E-state index < -0.39 is 11.8 Å². The highest BCUT2D eigenvalue weighted by Gasteiger charge is 2.14. The predicted molar refractivity (Wildman–Crippen MR) is 66.4 cm³/mol. The van der Waals surface area contributed by atoms with Gasteiger partial charge in [-0.25, -0.2) is 14.2 Å². The molecule has 1 N–H and O–H groups in total. The van der Waals surface area contributed by atoms with E-state index in [9.17, 15) is 9.18 Å². The molecule has 0 unspecified atom stereocenters. The van der Waals surface area contributed by atoms with Crippen LogP contribution in [0.5, 0.6) is 11.5 Å². The molecule has 2 rings (SSSR count). The Morgan fingerprint density at radius 1 is 1.37 bits per heavy atom. The van der Waals surface area contributed by atoms with Crippen molar-refractivity contribution in [1.82, 2.24) is 4.98 Å². The van der Waals surface area contributed by atoms with Crippen LogP contribution in [0.4, 0.5) is 4.39 Å². The van der Waals surface area contributed by atoms with E-state index in [-0.39, 0.29) is 17.0 Å². The average Bonchev–Trinajstić information content (AvgIpc) is 2.38. The van der Waals surface area contributed by atoms with Crippen molar-refractivity contribution in [3.63, 3.8) is 0 Å². The number of carboxylic acid groups (broad SMARTS) is 1. The Labute approximate surface area is 108 Å². The second-order valence-corrected chi connectivity index (χ2v) is 3.75. The fraction of sp³-hybridized carbons (Fsp3) is 0.231. The van der Waals surface area contributed by atoms with Gasteiger partial charge in [0.25, 0.3) is 0 Å². The molecule has 0 saturated heterocycles.